The van der Waals surface area contributed by atoms with Crippen molar-refractivity contribution in [1.29, 1.82) is 0 Å². The quantitative estimate of drug-likeness (QED) is 0.541. The van der Waals surface area contributed by atoms with E-state index in [9.17, 15) is 10.1 Å². The van der Waals surface area contributed by atoms with E-state index in [0.717, 1.165) is 11.3 Å². The summed E-state index contributed by atoms with van der Waals surface area (Å²) >= 11 is 0. The van der Waals surface area contributed by atoms with Crippen molar-refractivity contribution in [3.8, 4) is 0 Å². The fourth-order valence-electron chi connectivity index (χ4n) is 1.24. The summed E-state index contributed by atoms with van der Waals surface area (Å²) in [5, 5.41) is 10.4. The highest BCUT2D eigenvalue weighted by Crippen LogP contribution is 2.18. The van der Waals surface area contributed by atoms with Crippen molar-refractivity contribution in [3.63, 3.8) is 0 Å². The minimum Gasteiger partial charge on any atom is -0.412 e. The second-order valence-electron chi connectivity index (χ2n) is 2.78. The highest BCUT2D eigenvalue weighted by molar-refractivity contribution is 5.77. The molecule has 0 saturated heterocycles. The van der Waals surface area contributed by atoms with Crippen LogP contribution in [0.4, 0.5) is 5.69 Å². The Balaban J connectivity index is 0.000000980. The Morgan fingerprint density at radius 1 is 1.50 bits per heavy atom. The smallest absolute Gasteiger partial charge is 0.271 e. The fraction of sp³-hybridized carbons (Fsp3) is 0.125. The van der Waals surface area contributed by atoms with E-state index in [1.807, 2.05) is 6.92 Å². The molecule has 1 aromatic heterocycles. The summed E-state index contributed by atoms with van der Waals surface area (Å²) in [6, 6.07) is 4.56. The van der Waals surface area contributed by atoms with E-state index in [4.69, 9.17) is 0 Å². The van der Waals surface area contributed by atoms with Gasteiger partial charge >= 0.3 is 0 Å². The molecule has 74 valence electrons. The second-order valence-corrected chi connectivity index (χ2v) is 2.78. The number of aromatic amines is 1. The number of benzene rings is 1. The third-order valence-corrected chi connectivity index (χ3v) is 1.79. The van der Waals surface area contributed by atoms with Crippen LogP contribution in [0.3, 0.4) is 0 Å². The monoisotopic (exact) mass is 195 g/mol. The molecule has 0 aliphatic carbocycles. The highest BCUT2D eigenvalue weighted by Gasteiger charge is 2.07. The molecule has 0 amide bonds. The number of H-pyrrole nitrogens is 1. The van der Waals surface area contributed by atoms with Gasteiger partial charge in [-0.15, -0.1) is 0 Å². The average molecular weight is 195 g/mol. The second kappa shape index (κ2) is 3.43. The predicted molar refractivity (Wildman–Crippen MR) is 51.1 cm³/mol. The van der Waals surface area contributed by atoms with E-state index >= 15 is 0 Å². The molecule has 14 heavy (non-hydrogen) atoms. The lowest BCUT2D eigenvalue weighted by Gasteiger charge is -1.89. The number of imidazole rings is 1. The zero-order valence-electron chi connectivity index (χ0n) is 7.44. The number of hydrogen-bond donors (Lipinski definition) is 1. The molecule has 0 saturated carbocycles. The Labute approximate surface area is 79.0 Å². The first-order chi connectivity index (χ1) is 6.16. The largest absolute Gasteiger partial charge is 0.412 e. The fourth-order valence-corrected chi connectivity index (χ4v) is 1.24. The zero-order chi connectivity index (χ0) is 9.42. The van der Waals surface area contributed by atoms with Crippen LogP contribution >= 0.6 is 0 Å². The van der Waals surface area contributed by atoms with Gasteiger partial charge in [0, 0.05) is 12.1 Å². The number of aromatic nitrogens is 2. The minimum atomic E-state index is -0.421. The highest BCUT2D eigenvalue weighted by atomic mass is 16.6. The van der Waals surface area contributed by atoms with Crippen molar-refractivity contribution < 1.29 is 10.4 Å². The molecule has 0 radical (unpaired) electrons. The summed E-state index contributed by atoms with van der Waals surface area (Å²) in [5.74, 6) is 0.760. The molecule has 2 rings (SSSR count). The van der Waals surface area contributed by atoms with Gasteiger partial charge < -0.3 is 10.5 Å². The SMILES string of the molecule is Cc1nc2ccc([N+](=O)[O-])cc2[nH]1.O. The molecule has 0 aliphatic rings. The first-order valence-corrected chi connectivity index (χ1v) is 3.77. The molecule has 0 bridgehead atoms. The number of nitro benzene ring substituents is 1. The number of nitro groups is 1. The number of aryl methyl sites for hydroxylation is 1. The Morgan fingerprint density at radius 3 is 2.86 bits per heavy atom. The molecule has 0 fully saturated rings. The molecule has 1 aromatic carbocycles. The number of hydrogen-bond acceptors (Lipinski definition) is 3. The molecule has 0 unspecified atom stereocenters. The van der Waals surface area contributed by atoms with Crippen LogP contribution in [-0.4, -0.2) is 20.4 Å². The van der Waals surface area contributed by atoms with Crippen LogP contribution < -0.4 is 0 Å². The summed E-state index contributed by atoms with van der Waals surface area (Å²) in [6.07, 6.45) is 0. The minimum absolute atomic E-state index is 0. The van der Waals surface area contributed by atoms with Gasteiger partial charge in [0.05, 0.1) is 16.0 Å². The van der Waals surface area contributed by atoms with E-state index in [1.54, 1.807) is 6.07 Å². The van der Waals surface area contributed by atoms with E-state index in [1.165, 1.54) is 12.1 Å². The Kier molecular flexibility index (Phi) is 2.48. The summed E-state index contributed by atoms with van der Waals surface area (Å²) in [7, 11) is 0. The van der Waals surface area contributed by atoms with Gasteiger partial charge in [0.25, 0.3) is 5.69 Å². The van der Waals surface area contributed by atoms with Crippen LogP contribution in [0, 0.1) is 17.0 Å². The first kappa shape index (κ1) is 10.1. The molecule has 2 aromatic rings. The van der Waals surface area contributed by atoms with Gasteiger partial charge in [0.15, 0.2) is 0 Å². The normalized spacial score (nSPS) is 9.79. The standard InChI is InChI=1S/C8H7N3O2.H2O/c1-5-9-7-3-2-6(11(12)13)4-8(7)10-5;/h2-4H,1H3,(H,9,10);1H2. The third kappa shape index (κ3) is 1.55. The van der Waals surface area contributed by atoms with Gasteiger partial charge in [-0.3, -0.25) is 10.1 Å². The van der Waals surface area contributed by atoms with Crippen molar-refractivity contribution >= 4 is 16.7 Å². The lowest BCUT2D eigenvalue weighted by atomic mass is 10.3. The number of nitrogens with one attached hydrogen (secondary N) is 1. The van der Waals surface area contributed by atoms with Gasteiger partial charge in [0.2, 0.25) is 0 Å². The van der Waals surface area contributed by atoms with Crippen LogP contribution in [-0.2, 0) is 0 Å². The lowest BCUT2D eigenvalue weighted by Crippen LogP contribution is -1.86. The van der Waals surface area contributed by atoms with Gasteiger partial charge in [0.1, 0.15) is 5.82 Å². The van der Waals surface area contributed by atoms with Crippen molar-refractivity contribution in [2.75, 3.05) is 0 Å². The molecule has 3 N–H and O–H groups in total. The Morgan fingerprint density at radius 2 is 2.21 bits per heavy atom. The zero-order valence-corrected chi connectivity index (χ0v) is 7.44. The average Bonchev–Trinajstić information content (AvgIpc) is 2.42. The Hall–Kier alpha value is -1.95. The molecular weight excluding hydrogens is 186 g/mol. The molecular formula is C8H9N3O3. The molecule has 6 nitrogen and oxygen atoms in total. The van der Waals surface area contributed by atoms with E-state index in [0.29, 0.717) is 5.52 Å². The molecule has 6 heteroatoms. The van der Waals surface area contributed by atoms with E-state index in [-0.39, 0.29) is 11.2 Å². The van der Waals surface area contributed by atoms with Gasteiger partial charge in [-0.05, 0) is 13.0 Å². The first-order valence-electron chi connectivity index (χ1n) is 3.77. The molecule has 0 spiro atoms. The maximum absolute atomic E-state index is 10.4. The van der Waals surface area contributed by atoms with Crippen LogP contribution in [0.15, 0.2) is 18.2 Å². The number of fused-ring (bicyclic) bond motifs is 1. The maximum atomic E-state index is 10.4. The van der Waals surface area contributed by atoms with E-state index < -0.39 is 4.92 Å². The van der Waals surface area contributed by atoms with Crippen molar-refractivity contribution in [2.45, 2.75) is 6.92 Å². The molecule has 0 atom stereocenters. The van der Waals surface area contributed by atoms with Crippen molar-refractivity contribution in [3.05, 3.63) is 34.1 Å². The number of rotatable bonds is 1. The van der Waals surface area contributed by atoms with Crippen LogP contribution in [0.25, 0.3) is 11.0 Å². The number of non-ortho nitro benzene ring substituents is 1. The topological polar surface area (TPSA) is 103 Å². The van der Waals surface area contributed by atoms with Crippen LogP contribution in [0.5, 0.6) is 0 Å². The predicted octanol–water partition coefficient (Wildman–Crippen LogP) is 0.955. The summed E-state index contributed by atoms with van der Waals surface area (Å²) < 4.78 is 0. The lowest BCUT2D eigenvalue weighted by molar-refractivity contribution is -0.384. The summed E-state index contributed by atoms with van der Waals surface area (Å²) in [4.78, 5) is 17.1. The van der Waals surface area contributed by atoms with Gasteiger partial charge in [-0.2, -0.15) is 0 Å². The van der Waals surface area contributed by atoms with Gasteiger partial charge in [-0.1, -0.05) is 0 Å². The van der Waals surface area contributed by atoms with E-state index in [2.05, 4.69) is 9.97 Å². The maximum Gasteiger partial charge on any atom is 0.271 e. The number of nitrogens with zero attached hydrogens (tertiary/aromatic N) is 2. The van der Waals surface area contributed by atoms with Crippen LogP contribution in [0.2, 0.25) is 0 Å². The van der Waals surface area contributed by atoms with Crippen molar-refractivity contribution in [2.24, 2.45) is 0 Å². The molecule has 0 aliphatic heterocycles. The van der Waals surface area contributed by atoms with Gasteiger partial charge in [-0.25, -0.2) is 4.98 Å². The Bertz CT molecular complexity index is 478. The van der Waals surface area contributed by atoms with Crippen LogP contribution in [0.1, 0.15) is 5.82 Å². The third-order valence-electron chi connectivity index (χ3n) is 1.79. The van der Waals surface area contributed by atoms with Crippen molar-refractivity contribution in [1.82, 2.24) is 9.97 Å². The summed E-state index contributed by atoms with van der Waals surface area (Å²) in [6.45, 7) is 1.81. The molecule has 1 heterocycles. The summed E-state index contributed by atoms with van der Waals surface area (Å²) in [5.41, 5.74) is 1.53.